The summed E-state index contributed by atoms with van der Waals surface area (Å²) in [5.41, 5.74) is -0.838. The van der Waals surface area contributed by atoms with Gasteiger partial charge in [-0.05, 0) is 37.5 Å². The van der Waals surface area contributed by atoms with E-state index < -0.39 is 17.5 Å². The maximum Gasteiger partial charge on any atom is 0.333 e. The first-order valence-electron chi connectivity index (χ1n) is 10.0. The van der Waals surface area contributed by atoms with Gasteiger partial charge in [0.2, 0.25) is 0 Å². The zero-order chi connectivity index (χ0) is 22.2. The molecule has 164 valence electrons. The van der Waals surface area contributed by atoms with E-state index in [0.29, 0.717) is 0 Å². The summed E-state index contributed by atoms with van der Waals surface area (Å²) in [4.78, 5) is 24.3. The molecule has 0 rings (SSSR count). The van der Waals surface area contributed by atoms with Crippen molar-refractivity contribution in [1.29, 1.82) is 0 Å². The molecule has 0 aromatic carbocycles. The van der Waals surface area contributed by atoms with Gasteiger partial charge in [0, 0.05) is 5.57 Å². The van der Waals surface area contributed by atoms with E-state index in [0.717, 1.165) is 12.8 Å². The van der Waals surface area contributed by atoms with Gasteiger partial charge in [-0.1, -0.05) is 48.1 Å². The molecule has 0 aromatic heterocycles. The lowest BCUT2D eigenvalue weighted by molar-refractivity contribution is -0.178. The number of rotatable bonds is 13. The Morgan fingerprint density at radius 2 is 1.43 bits per heavy atom. The van der Waals surface area contributed by atoms with Crippen LogP contribution in [-0.4, -0.2) is 49.6 Å². The van der Waals surface area contributed by atoms with Gasteiger partial charge < -0.3 is 19.3 Å². The molecule has 0 aliphatic rings. The number of aliphatic hydroxyl groups excluding tert-OH is 1. The number of esters is 2. The number of hydrogen-bond donors (Lipinski definition) is 1. The van der Waals surface area contributed by atoms with Gasteiger partial charge in [-0.25, -0.2) is 4.79 Å². The van der Waals surface area contributed by atoms with Crippen LogP contribution in [0.2, 0.25) is 0 Å². The summed E-state index contributed by atoms with van der Waals surface area (Å²) in [6, 6.07) is 0. The Morgan fingerprint density at radius 1 is 0.929 bits per heavy atom. The second kappa shape index (κ2) is 11.0. The number of hydrogen-bond acceptors (Lipinski definition) is 6. The monoisotopic (exact) mass is 400 g/mol. The van der Waals surface area contributed by atoms with Crippen molar-refractivity contribution in [1.82, 2.24) is 0 Å². The van der Waals surface area contributed by atoms with Crippen LogP contribution in [0.25, 0.3) is 0 Å². The van der Waals surface area contributed by atoms with Crippen LogP contribution >= 0.6 is 0 Å². The van der Waals surface area contributed by atoms with Gasteiger partial charge >= 0.3 is 11.9 Å². The molecule has 1 N–H and O–H groups in total. The van der Waals surface area contributed by atoms with Crippen LogP contribution in [0.5, 0.6) is 0 Å². The summed E-state index contributed by atoms with van der Waals surface area (Å²) in [6.07, 6.45) is 0.767. The van der Waals surface area contributed by atoms with Crippen LogP contribution in [0.15, 0.2) is 12.2 Å². The third kappa shape index (κ3) is 6.59. The highest BCUT2D eigenvalue weighted by molar-refractivity contribution is 5.86. The molecule has 0 amide bonds. The van der Waals surface area contributed by atoms with Crippen molar-refractivity contribution in [2.24, 2.45) is 16.2 Å². The van der Waals surface area contributed by atoms with Crippen LogP contribution in [0.4, 0.5) is 0 Å². The van der Waals surface area contributed by atoms with Gasteiger partial charge in [-0.2, -0.15) is 0 Å². The normalized spacial score (nSPS) is 13.8. The van der Waals surface area contributed by atoms with E-state index in [4.69, 9.17) is 14.2 Å². The molecular formula is C22H40O6. The summed E-state index contributed by atoms with van der Waals surface area (Å²) in [5.74, 6) is -0.782. The van der Waals surface area contributed by atoms with Gasteiger partial charge in [0.15, 0.2) is 0 Å². The summed E-state index contributed by atoms with van der Waals surface area (Å²) < 4.78 is 15.7. The predicted molar refractivity (Wildman–Crippen MR) is 110 cm³/mol. The fourth-order valence-electron chi connectivity index (χ4n) is 3.08. The molecular weight excluding hydrogens is 360 g/mol. The Morgan fingerprint density at radius 3 is 1.86 bits per heavy atom. The molecule has 0 spiro atoms. The van der Waals surface area contributed by atoms with Crippen LogP contribution in [0.3, 0.4) is 0 Å². The van der Waals surface area contributed by atoms with Crippen molar-refractivity contribution in [3.05, 3.63) is 12.2 Å². The lowest BCUT2D eigenvalue weighted by Gasteiger charge is -2.51. The Bertz CT molecular complexity index is 519. The van der Waals surface area contributed by atoms with E-state index in [1.54, 1.807) is 0 Å². The summed E-state index contributed by atoms with van der Waals surface area (Å²) in [7, 11) is 0. The fourth-order valence-corrected chi connectivity index (χ4v) is 3.08. The minimum absolute atomic E-state index is 0.0147. The molecule has 6 nitrogen and oxygen atoms in total. The van der Waals surface area contributed by atoms with Crippen LogP contribution in [-0.2, 0) is 23.8 Å². The predicted octanol–water partition coefficient (Wildman–Crippen LogP) is 3.91. The first-order chi connectivity index (χ1) is 12.8. The van der Waals surface area contributed by atoms with Crippen LogP contribution in [0.1, 0.15) is 68.2 Å². The Hall–Kier alpha value is -1.40. The van der Waals surface area contributed by atoms with E-state index in [9.17, 15) is 14.7 Å². The Kier molecular flexibility index (Phi) is 10.4. The summed E-state index contributed by atoms with van der Waals surface area (Å²) in [5, 5.41) is 9.76. The van der Waals surface area contributed by atoms with Crippen molar-refractivity contribution in [3.8, 4) is 0 Å². The molecule has 6 heteroatoms. The lowest BCUT2D eigenvalue weighted by Crippen LogP contribution is -2.53. The molecule has 1 atom stereocenters. The quantitative estimate of drug-likeness (QED) is 0.287. The molecule has 28 heavy (non-hydrogen) atoms. The smallest absolute Gasteiger partial charge is 0.333 e. The third-order valence-corrected chi connectivity index (χ3v) is 6.41. The minimum Gasteiger partial charge on any atom is -0.463 e. The number of aliphatic hydroxyl groups is 1. The molecule has 0 fully saturated rings. The average Bonchev–Trinajstić information content (AvgIpc) is 2.64. The summed E-state index contributed by atoms with van der Waals surface area (Å²) in [6.45, 7) is 19.6. The molecule has 0 bridgehead atoms. The first kappa shape index (κ1) is 26.6. The topological polar surface area (TPSA) is 82.1 Å². The molecule has 0 radical (unpaired) electrons. The molecule has 0 aromatic rings. The molecule has 0 saturated carbocycles. The van der Waals surface area contributed by atoms with Crippen LogP contribution in [0, 0.1) is 16.2 Å². The minimum atomic E-state index is -0.942. The standard InChI is InChI=1S/C22H40O6/c1-10-20(5,6)22(9,21(7,8)11-2)19(25)27-13-12-26-14-17(23)15-28-18(24)16(3)4/h17,23H,3,10-15H2,1-2,4-9H3. The van der Waals surface area contributed by atoms with Gasteiger partial charge in [0.25, 0.3) is 0 Å². The van der Waals surface area contributed by atoms with Crippen molar-refractivity contribution in [2.75, 3.05) is 26.4 Å². The molecule has 0 saturated heterocycles. The van der Waals surface area contributed by atoms with Gasteiger partial charge in [-0.15, -0.1) is 0 Å². The van der Waals surface area contributed by atoms with Crippen molar-refractivity contribution in [2.45, 2.75) is 74.3 Å². The molecule has 1 unspecified atom stereocenters. The highest BCUT2D eigenvalue weighted by atomic mass is 16.6. The Labute approximate surface area is 170 Å². The highest BCUT2D eigenvalue weighted by Crippen LogP contribution is 2.55. The maximum atomic E-state index is 13.0. The van der Waals surface area contributed by atoms with Crippen molar-refractivity contribution < 1.29 is 28.9 Å². The second-order valence-corrected chi connectivity index (χ2v) is 8.84. The zero-order valence-corrected chi connectivity index (χ0v) is 19.0. The SMILES string of the molecule is C=C(C)C(=O)OCC(O)COCCOC(=O)C(C)(C(C)(C)CC)C(C)(C)CC. The number of carbonyl (C=O) groups excluding carboxylic acids is 2. The number of ether oxygens (including phenoxy) is 3. The van der Waals surface area contributed by atoms with E-state index in [-0.39, 0.29) is 48.8 Å². The van der Waals surface area contributed by atoms with Gasteiger partial charge in [0.05, 0.1) is 18.6 Å². The third-order valence-electron chi connectivity index (χ3n) is 6.41. The van der Waals surface area contributed by atoms with Gasteiger partial charge in [-0.3, -0.25) is 4.79 Å². The molecule has 0 heterocycles. The van der Waals surface area contributed by atoms with E-state index in [1.165, 1.54) is 6.92 Å². The first-order valence-corrected chi connectivity index (χ1v) is 10.0. The van der Waals surface area contributed by atoms with E-state index in [2.05, 4.69) is 48.1 Å². The highest BCUT2D eigenvalue weighted by Gasteiger charge is 2.56. The second-order valence-electron chi connectivity index (χ2n) is 8.84. The largest absolute Gasteiger partial charge is 0.463 e. The van der Waals surface area contributed by atoms with Crippen molar-refractivity contribution in [3.63, 3.8) is 0 Å². The van der Waals surface area contributed by atoms with Crippen LogP contribution < -0.4 is 0 Å². The molecule has 0 aliphatic heterocycles. The molecule has 0 aliphatic carbocycles. The maximum absolute atomic E-state index is 13.0. The lowest BCUT2D eigenvalue weighted by atomic mass is 9.52. The fraction of sp³-hybridized carbons (Fsp3) is 0.818. The van der Waals surface area contributed by atoms with Gasteiger partial charge in [0.1, 0.15) is 19.3 Å². The zero-order valence-electron chi connectivity index (χ0n) is 19.0. The number of carbonyl (C=O) groups is 2. The van der Waals surface area contributed by atoms with E-state index >= 15 is 0 Å². The average molecular weight is 401 g/mol. The Balaban J connectivity index is 4.59. The van der Waals surface area contributed by atoms with E-state index in [1.807, 2.05) is 6.92 Å². The van der Waals surface area contributed by atoms with Crippen molar-refractivity contribution >= 4 is 11.9 Å². The summed E-state index contributed by atoms with van der Waals surface area (Å²) >= 11 is 0.